The molecule has 1 heterocycles. The Labute approximate surface area is 62.5 Å². The van der Waals surface area contributed by atoms with E-state index in [1.54, 1.807) is 24.3 Å². The maximum Gasteiger partial charge on any atom is 0.0957 e. The van der Waals surface area contributed by atoms with E-state index >= 15 is 0 Å². The van der Waals surface area contributed by atoms with Gasteiger partial charge in [-0.2, -0.15) is 0 Å². The lowest BCUT2D eigenvalue weighted by molar-refractivity contribution is -0.273. The summed E-state index contributed by atoms with van der Waals surface area (Å²) in [4.78, 5) is 0. The van der Waals surface area contributed by atoms with Crippen molar-refractivity contribution in [3.8, 4) is 5.88 Å². The summed E-state index contributed by atoms with van der Waals surface area (Å²) < 4.78 is 0. The van der Waals surface area contributed by atoms with Gasteiger partial charge in [0.05, 0.1) is 5.52 Å². The molecule has 2 rings (SSSR count). The number of hydrogen-bond acceptors (Lipinski definition) is 4. The maximum atomic E-state index is 11.0. The second-order valence-corrected chi connectivity index (χ2v) is 2.11. The lowest BCUT2D eigenvalue weighted by Gasteiger charge is -2.03. The molecule has 0 saturated heterocycles. The third kappa shape index (κ3) is 0.881. The highest BCUT2D eigenvalue weighted by Crippen LogP contribution is 2.14. The molecule has 0 saturated carbocycles. The van der Waals surface area contributed by atoms with E-state index in [9.17, 15) is 5.11 Å². The number of aromatic nitrogens is 3. The van der Waals surface area contributed by atoms with E-state index in [0.29, 0.717) is 10.9 Å². The summed E-state index contributed by atoms with van der Waals surface area (Å²) in [6.07, 6.45) is 0. The Bertz CT molecular complexity index is 383. The minimum absolute atomic E-state index is 0.324. The van der Waals surface area contributed by atoms with Crippen LogP contribution in [-0.2, 0) is 0 Å². The van der Waals surface area contributed by atoms with Crippen molar-refractivity contribution in [2.24, 2.45) is 0 Å². The largest absolute Gasteiger partial charge is 0.857 e. The number of fused-ring (bicyclic) bond motifs is 1. The Morgan fingerprint density at radius 1 is 1.09 bits per heavy atom. The molecule has 4 nitrogen and oxygen atoms in total. The number of nitrogens with zero attached hydrogens (tertiary/aromatic N) is 3. The van der Waals surface area contributed by atoms with Crippen LogP contribution in [0.25, 0.3) is 10.9 Å². The third-order valence-electron chi connectivity index (χ3n) is 1.42. The Hall–Kier alpha value is -1.71. The van der Waals surface area contributed by atoms with Gasteiger partial charge in [0.25, 0.3) is 0 Å². The molecule has 0 fully saturated rings. The topological polar surface area (TPSA) is 61.7 Å². The average Bonchev–Trinajstić information content (AvgIpc) is 2.06. The molecule has 0 radical (unpaired) electrons. The van der Waals surface area contributed by atoms with Crippen LogP contribution in [0.4, 0.5) is 0 Å². The van der Waals surface area contributed by atoms with Gasteiger partial charge in [-0.1, -0.05) is 18.2 Å². The van der Waals surface area contributed by atoms with Crippen LogP contribution < -0.4 is 5.11 Å². The van der Waals surface area contributed by atoms with Crippen LogP contribution in [0.1, 0.15) is 0 Å². The predicted molar refractivity (Wildman–Crippen MR) is 36.8 cm³/mol. The number of benzene rings is 1. The maximum absolute atomic E-state index is 11.0. The molecule has 11 heavy (non-hydrogen) atoms. The van der Waals surface area contributed by atoms with Crippen LogP contribution >= 0.6 is 0 Å². The molecule has 0 N–H and O–H groups in total. The van der Waals surface area contributed by atoms with E-state index in [2.05, 4.69) is 15.4 Å². The fourth-order valence-electron chi connectivity index (χ4n) is 0.907. The van der Waals surface area contributed by atoms with Crippen LogP contribution in [-0.4, -0.2) is 15.4 Å². The van der Waals surface area contributed by atoms with Gasteiger partial charge in [-0.25, -0.2) is 0 Å². The van der Waals surface area contributed by atoms with Gasteiger partial charge in [0, 0.05) is 11.3 Å². The van der Waals surface area contributed by atoms with Crippen molar-refractivity contribution in [2.75, 3.05) is 0 Å². The summed E-state index contributed by atoms with van der Waals surface area (Å²) in [6.45, 7) is 0. The Morgan fingerprint density at radius 3 is 2.73 bits per heavy atom. The van der Waals surface area contributed by atoms with Crippen molar-refractivity contribution >= 4 is 10.9 Å². The summed E-state index contributed by atoms with van der Waals surface area (Å²) in [6, 6.07) is 6.98. The minimum Gasteiger partial charge on any atom is -0.857 e. The molecule has 0 aliphatic heterocycles. The van der Waals surface area contributed by atoms with Gasteiger partial charge < -0.3 is 5.11 Å². The van der Waals surface area contributed by atoms with Gasteiger partial charge in [0.2, 0.25) is 0 Å². The molecule has 4 heteroatoms. The Morgan fingerprint density at radius 2 is 1.91 bits per heavy atom. The van der Waals surface area contributed by atoms with Gasteiger partial charge in [0.1, 0.15) is 0 Å². The molecule has 1 aromatic heterocycles. The van der Waals surface area contributed by atoms with Crippen LogP contribution in [0.5, 0.6) is 5.88 Å². The molecule has 0 amide bonds. The smallest absolute Gasteiger partial charge is 0.0957 e. The normalized spacial score (nSPS) is 10.2. The van der Waals surface area contributed by atoms with Crippen molar-refractivity contribution in [3.05, 3.63) is 24.3 Å². The van der Waals surface area contributed by atoms with E-state index < -0.39 is 0 Å². The van der Waals surface area contributed by atoms with Crippen LogP contribution in [0.3, 0.4) is 0 Å². The fraction of sp³-hybridized carbons (Fsp3) is 0. The Balaban J connectivity index is 2.91. The summed E-state index contributed by atoms with van der Waals surface area (Å²) in [7, 11) is 0. The minimum atomic E-state index is -0.324. The molecule has 0 aliphatic rings. The highest BCUT2D eigenvalue weighted by molar-refractivity contribution is 5.81. The van der Waals surface area contributed by atoms with E-state index in [1.807, 2.05) is 0 Å². The van der Waals surface area contributed by atoms with Crippen molar-refractivity contribution in [2.45, 2.75) is 0 Å². The lowest BCUT2D eigenvalue weighted by Crippen LogP contribution is -1.98. The van der Waals surface area contributed by atoms with Gasteiger partial charge >= 0.3 is 0 Å². The third-order valence-corrected chi connectivity index (χ3v) is 1.42. The van der Waals surface area contributed by atoms with Crippen molar-refractivity contribution < 1.29 is 5.11 Å². The van der Waals surface area contributed by atoms with Gasteiger partial charge in [0.15, 0.2) is 0 Å². The molecule has 1 aromatic carbocycles. The van der Waals surface area contributed by atoms with E-state index in [0.717, 1.165) is 0 Å². The summed E-state index contributed by atoms with van der Waals surface area (Å²) >= 11 is 0. The predicted octanol–water partition coefficient (Wildman–Crippen LogP) is 0.0984. The first-order chi connectivity index (χ1) is 5.38. The van der Waals surface area contributed by atoms with Crippen molar-refractivity contribution in [1.29, 1.82) is 0 Å². The van der Waals surface area contributed by atoms with E-state index in [-0.39, 0.29) is 5.88 Å². The van der Waals surface area contributed by atoms with Crippen molar-refractivity contribution in [3.63, 3.8) is 0 Å². The van der Waals surface area contributed by atoms with Crippen molar-refractivity contribution in [1.82, 2.24) is 15.4 Å². The number of rotatable bonds is 0. The zero-order chi connectivity index (χ0) is 7.68. The highest BCUT2D eigenvalue weighted by Gasteiger charge is 1.92. The molecule has 2 aromatic rings. The molecule has 0 unspecified atom stereocenters. The van der Waals surface area contributed by atoms with E-state index in [4.69, 9.17) is 0 Å². The summed E-state index contributed by atoms with van der Waals surface area (Å²) in [5.41, 5.74) is 0.590. The first-order valence-corrected chi connectivity index (χ1v) is 3.13. The molecular weight excluding hydrogens is 142 g/mol. The quantitative estimate of drug-likeness (QED) is 0.528. The fourth-order valence-corrected chi connectivity index (χ4v) is 0.907. The van der Waals surface area contributed by atoms with Gasteiger partial charge in [-0.15, -0.1) is 10.2 Å². The SMILES string of the molecule is [O-]c1nnnc2ccccc12. The van der Waals surface area contributed by atoms with Crippen LogP contribution in [0.2, 0.25) is 0 Å². The molecule has 54 valence electrons. The summed E-state index contributed by atoms with van der Waals surface area (Å²) in [5.74, 6) is -0.324. The number of hydrogen-bond donors (Lipinski definition) is 0. The second kappa shape index (κ2) is 2.16. The summed E-state index contributed by atoms with van der Waals surface area (Å²) in [5, 5.41) is 21.8. The second-order valence-electron chi connectivity index (χ2n) is 2.11. The van der Waals surface area contributed by atoms with Crippen LogP contribution in [0.15, 0.2) is 24.3 Å². The highest BCUT2D eigenvalue weighted by atomic mass is 16.3. The monoisotopic (exact) mass is 146 g/mol. The first-order valence-electron chi connectivity index (χ1n) is 3.13. The zero-order valence-corrected chi connectivity index (χ0v) is 5.56. The lowest BCUT2D eigenvalue weighted by atomic mass is 10.2. The molecule has 0 spiro atoms. The van der Waals surface area contributed by atoms with Gasteiger partial charge in [-0.05, 0) is 11.3 Å². The standard InChI is InChI=1S/C7H5N3O/c11-7-5-3-1-2-4-6(5)8-10-9-7/h1-4H,(H,8,9,11)/p-1. The zero-order valence-electron chi connectivity index (χ0n) is 5.56. The Kier molecular flexibility index (Phi) is 1.18. The first kappa shape index (κ1) is 6.03. The van der Waals surface area contributed by atoms with Crippen LogP contribution in [0, 0.1) is 0 Å². The van der Waals surface area contributed by atoms with E-state index in [1.165, 1.54) is 0 Å². The molecule has 0 bridgehead atoms. The molecular formula is C7H4N3O-. The van der Waals surface area contributed by atoms with Gasteiger partial charge in [-0.3, -0.25) is 0 Å². The average molecular weight is 146 g/mol. The molecule has 0 atom stereocenters. The molecule has 0 aliphatic carbocycles.